The van der Waals surface area contributed by atoms with Crippen LogP contribution in [-0.2, 0) is 11.2 Å². The van der Waals surface area contributed by atoms with E-state index >= 15 is 0 Å². The summed E-state index contributed by atoms with van der Waals surface area (Å²) in [6.07, 6.45) is -0.761. The Morgan fingerprint density at radius 2 is 2.11 bits per heavy atom. The molecule has 19 heavy (non-hydrogen) atoms. The maximum atomic E-state index is 12.2. The van der Waals surface area contributed by atoms with Crippen LogP contribution in [0.4, 0.5) is 0 Å². The zero-order chi connectivity index (χ0) is 13.7. The summed E-state index contributed by atoms with van der Waals surface area (Å²) < 4.78 is 11.2. The lowest BCUT2D eigenvalue weighted by atomic mass is 9.93. The van der Waals surface area contributed by atoms with E-state index in [0.29, 0.717) is 16.9 Å². The van der Waals surface area contributed by atoms with Crippen LogP contribution in [0.25, 0.3) is 0 Å². The van der Waals surface area contributed by atoms with E-state index in [1.807, 2.05) is 32.9 Å². The fourth-order valence-electron chi connectivity index (χ4n) is 2.83. The van der Waals surface area contributed by atoms with E-state index in [0.717, 1.165) is 12.0 Å². The van der Waals surface area contributed by atoms with Gasteiger partial charge in [0.1, 0.15) is 5.75 Å². The van der Waals surface area contributed by atoms with Crippen LogP contribution in [0.2, 0.25) is 0 Å². The smallest absolute Gasteiger partial charge is 0.207 e. The Kier molecular flexibility index (Phi) is 2.87. The largest absolute Gasteiger partial charge is 0.481 e. The normalized spacial score (nSPS) is 29.1. The number of fused-ring (bicyclic) bond motifs is 3. The third-order valence-corrected chi connectivity index (χ3v) is 3.78. The van der Waals surface area contributed by atoms with Crippen molar-refractivity contribution in [3.8, 4) is 5.75 Å². The van der Waals surface area contributed by atoms with Gasteiger partial charge in [-0.1, -0.05) is 19.9 Å². The molecule has 1 aromatic rings. The molecule has 0 spiro atoms. The number of rotatable bonds is 1. The molecule has 0 bridgehead atoms. The minimum atomic E-state index is -1.01. The molecule has 0 fully saturated rings. The molecule has 1 aromatic carbocycles. The molecule has 2 heterocycles. The summed E-state index contributed by atoms with van der Waals surface area (Å²) in [5.74, 6) is 0.621. The van der Waals surface area contributed by atoms with Gasteiger partial charge in [-0.25, -0.2) is 0 Å². The van der Waals surface area contributed by atoms with Crippen LogP contribution in [0.1, 0.15) is 48.5 Å². The summed E-state index contributed by atoms with van der Waals surface area (Å²) in [5, 5.41) is 10.1. The van der Waals surface area contributed by atoms with Crippen molar-refractivity contribution in [3.05, 3.63) is 28.8 Å². The molecule has 0 aromatic heterocycles. The third-order valence-electron chi connectivity index (χ3n) is 3.78. The first kappa shape index (κ1) is 12.6. The van der Waals surface area contributed by atoms with Gasteiger partial charge in [0.2, 0.25) is 5.78 Å². The molecule has 2 aliphatic heterocycles. The molecule has 0 amide bonds. The first-order valence-electron chi connectivity index (χ1n) is 6.69. The zero-order valence-corrected chi connectivity index (χ0v) is 11.3. The number of hydrogen-bond donors (Lipinski definition) is 1. The van der Waals surface area contributed by atoms with E-state index in [1.54, 1.807) is 0 Å². The van der Waals surface area contributed by atoms with Gasteiger partial charge in [0.15, 0.2) is 12.4 Å². The number of hydrogen-bond acceptors (Lipinski definition) is 4. The third kappa shape index (κ3) is 1.86. The lowest BCUT2D eigenvalue weighted by Crippen LogP contribution is -2.27. The van der Waals surface area contributed by atoms with Crippen LogP contribution in [0, 0.1) is 5.92 Å². The summed E-state index contributed by atoms with van der Waals surface area (Å²) in [7, 11) is 0. The van der Waals surface area contributed by atoms with Crippen LogP contribution in [0.15, 0.2) is 12.1 Å². The van der Waals surface area contributed by atoms with Gasteiger partial charge in [0.05, 0.1) is 17.2 Å². The van der Waals surface area contributed by atoms with Gasteiger partial charge in [0, 0.05) is 0 Å². The molecule has 1 N–H and O–H groups in total. The molecule has 0 saturated heterocycles. The Labute approximate surface area is 112 Å². The highest BCUT2D eigenvalue weighted by Crippen LogP contribution is 2.42. The SMILES string of the molecule is CC(C)[C@@H]1Oc2c(ccc3c2[C@@H](O)O[C@H](C)C3)C1=O. The van der Waals surface area contributed by atoms with Gasteiger partial charge in [0.25, 0.3) is 0 Å². The predicted molar refractivity (Wildman–Crippen MR) is 69.2 cm³/mol. The molecular formula is C15H18O4. The number of Topliss-reactive ketones (excluding diaryl/α,β-unsaturated/α-hetero) is 1. The topological polar surface area (TPSA) is 55.8 Å². The van der Waals surface area contributed by atoms with E-state index in [4.69, 9.17) is 9.47 Å². The maximum absolute atomic E-state index is 12.2. The molecule has 4 nitrogen and oxygen atoms in total. The van der Waals surface area contributed by atoms with E-state index < -0.39 is 12.4 Å². The van der Waals surface area contributed by atoms with Crippen molar-refractivity contribution in [2.45, 2.75) is 45.7 Å². The second kappa shape index (κ2) is 4.32. The molecule has 2 aliphatic rings. The number of aliphatic hydroxyl groups excluding tert-OH is 1. The first-order valence-corrected chi connectivity index (χ1v) is 6.69. The molecule has 4 heteroatoms. The van der Waals surface area contributed by atoms with Crippen molar-refractivity contribution < 1.29 is 19.4 Å². The van der Waals surface area contributed by atoms with Crippen molar-refractivity contribution in [3.63, 3.8) is 0 Å². The Bertz CT molecular complexity index is 535. The van der Waals surface area contributed by atoms with Crippen LogP contribution >= 0.6 is 0 Å². The maximum Gasteiger partial charge on any atom is 0.207 e. The lowest BCUT2D eigenvalue weighted by molar-refractivity contribution is -0.144. The zero-order valence-electron chi connectivity index (χ0n) is 11.3. The average Bonchev–Trinajstić information content (AvgIpc) is 2.66. The van der Waals surface area contributed by atoms with Crippen molar-refractivity contribution in [2.24, 2.45) is 5.92 Å². The van der Waals surface area contributed by atoms with Gasteiger partial charge in [-0.3, -0.25) is 4.79 Å². The van der Waals surface area contributed by atoms with E-state index in [9.17, 15) is 9.90 Å². The van der Waals surface area contributed by atoms with Gasteiger partial charge in [-0.2, -0.15) is 0 Å². The lowest BCUT2D eigenvalue weighted by Gasteiger charge is -2.28. The van der Waals surface area contributed by atoms with E-state index in [2.05, 4.69) is 0 Å². The van der Waals surface area contributed by atoms with Crippen molar-refractivity contribution >= 4 is 5.78 Å². The summed E-state index contributed by atoms with van der Waals surface area (Å²) in [5.41, 5.74) is 2.20. The van der Waals surface area contributed by atoms with Crippen molar-refractivity contribution in [1.29, 1.82) is 0 Å². The highest BCUT2D eigenvalue weighted by molar-refractivity contribution is 6.05. The number of ketones is 1. The number of carbonyl (C=O) groups excluding carboxylic acids is 1. The fourth-order valence-corrected chi connectivity index (χ4v) is 2.83. The predicted octanol–water partition coefficient (Wildman–Crippen LogP) is 2.24. The molecule has 0 aliphatic carbocycles. The van der Waals surface area contributed by atoms with Gasteiger partial charge < -0.3 is 14.6 Å². The Hall–Kier alpha value is -1.39. The number of aliphatic hydroxyl groups is 1. The van der Waals surface area contributed by atoms with Crippen LogP contribution in [0.3, 0.4) is 0 Å². The molecule has 3 rings (SSSR count). The summed E-state index contributed by atoms with van der Waals surface area (Å²) in [6, 6.07) is 3.71. The Morgan fingerprint density at radius 1 is 1.37 bits per heavy atom. The molecule has 0 unspecified atom stereocenters. The molecule has 0 radical (unpaired) electrons. The van der Waals surface area contributed by atoms with Crippen LogP contribution in [-0.4, -0.2) is 23.1 Å². The van der Waals surface area contributed by atoms with E-state index in [-0.39, 0.29) is 17.8 Å². The molecular weight excluding hydrogens is 244 g/mol. The highest BCUT2D eigenvalue weighted by atomic mass is 16.6. The quantitative estimate of drug-likeness (QED) is 0.843. The minimum absolute atomic E-state index is 0.00128. The molecule has 3 atom stereocenters. The first-order chi connectivity index (χ1) is 8.99. The summed E-state index contributed by atoms with van der Waals surface area (Å²) in [4.78, 5) is 12.2. The highest BCUT2D eigenvalue weighted by Gasteiger charge is 2.39. The standard InChI is InChI=1S/C15H18O4/c1-7(2)13-12(16)10-5-4-9-6-8(3)18-15(17)11(9)14(10)19-13/h4-5,7-8,13,15,17H,6H2,1-3H3/t8-,13+,15+/m1/s1. The van der Waals surface area contributed by atoms with Gasteiger partial charge >= 0.3 is 0 Å². The number of ether oxygens (including phenoxy) is 2. The summed E-state index contributed by atoms with van der Waals surface area (Å²) in [6.45, 7) is 5.83. The van der Waals surface area contributed by atoms with Gasteiger partial charge in [-0.05, 0) is 30.9 Å². The van der Waals surface area contributed by atoms with Crippen molar-refractivity contribution in [2.75, 3.05) is 0 Å². The van der Waals surface area contributed by atoms with E-state index in [1.165, 1.54) is 0 Å². The second-order valence-corrected chi connectivity index (χ2v) is 5.66. The average molecular weight is 262 g/mol. The Balaban J connectivity index is 2.09. The second-order valence-electron chi connectivity index (χ2n) is 5.66. The monoisotopic (exact) mass is 262 g/mol. The number of benzene rings is 1. The molecule has 102 valence electrons. The van der Waals surface area contributed by atoms with Gasteiger partial charge in [-0.15, -0.1) is 0 Å². The van der Waals surface area contributed by atoms with Crippen LogP contribution in [0.5, 0.6) is 5.75 Å². The number of carbonyl (C=O) groups is 1. The molecule has 0 saturated carbocycles. The summed E-state index contributed by atoms with van der Waals surface area (Å²) >= 11 is 0. The Morgan fingerprint density at radius 3 is 2.79 bits per heavy atom. The van der Waals surface area contributed by atoms with Crippen LogP contribution < -0.4 is 4.74 Å². The van der Waals surface area contributed by atoms with Crippen molar-refractivity contribution in [1.82, 2.24) is 0 Å². The minimum Gasteiger partial charge on any atom is -0.481 e. The fraction of sp³-hybridized carbons (Fsp3) is 0.533.